The number of benzene rings is 2. The molecule has 1 atom stereocenters. The fraction of sp³-hybridized carbons (Fsp3) is 0.345. The number of nitrogens with one attached hydrogen (secondary N) is 1. The van der Waals surface area contributed by atoms with Gasteiger partial charge in [-0.05, 0) is 92.5 Å². The Morgan fingerprint density at radius 3 is 2.69 bits per heavy atom. The molecule has 4 aromatic rings. The highest BCUT2D eigenvalue weighted by Crippen LogP contribution is 2.35. The largest absolute Gasteiger partial charge is 0.378 e. The molecule has 0 aliphatic carbocycles. The van der Waals surface area contributed by atoms with Crippen molar-refractivity contribution in [2.45, 2.75) is 31.7 Å². The molecule has 1 fully saturated rings. The zero-order valence-corrected chi connectivity index (χ0v) is 20.5. The number of hydrogen-bond acceptors (Lipinski definition) is 5. The number of aromatic nitrogens is 3. The summed E-state index contributed by atoms with van der Waals surface area (Å²) in [7, 11) is 4.31. The summed E-state index contributed by atoms with van der Waals surface area (Å²) in [5.41, 5.74) is 7.84. The van der Waals surface area contributed by atoms with Crippen molar-refractivity contribution in [2.24, 2.45) is 18.0 Å². The molecule has 2 aromatic heterocycles. The van der Waals surface area contributed by atoms with Crippen LogP contribution in [0.25, 0.3) is 33.1 Å². The maximum Gasteiger partial charge on any atom is 0.0966 e. The van der Waals surface area contributed by atoms with Gasteiger partial charge in [0.05, 0.1) is 17.1 Å². The van der Waals surface area contributed by atoms with Crippen molar-refractivity contribution >= 4 is 33.8 Å². The molecule has 4 heterocycles. The molecule has 2 aliphatic rings. The monoisotopic (exact) mass is 464 g/mol. The van der Waals surface area contributed by atoms with Crippen LogP contribution in [0.5, 0.6) is 0 Å². The zero-order chi connectivity index (χ0) is 23.8. The molecule has 1 N–H and O–H groups in total. The minimum absolute atomic E-state index is 0.276. The quantitative estimate of drug-likeness (QED) is 0.414. The van der Waals surface area contributed by atoms with Crippen LogP contribution in [0.3, 0.4) is 0 Å². The molecule has 2 aromatic carbocycles. The molecule has 1 saturated heterocycles. The third-order valence-electron chi connectivity index (χ3n) is 7.64. The lowest BCUT2D eigenvalue weighted by molar-refractivity contribution is 0.210. The zero-order valence-electron chi connectivity index (χ0n) is 20.5. The third-order valence-corrected chi connectivity index (χ3v) is 7.64. The average molecular weight is 465 g/mol. The van der Waals surface area contributed by atoms with E-state index in [1.807, 2.05) is 6.21 Å². The lowest BCUT2D eigenvalue weighted by atomic mass is 9.83. The minimum atomic E-state index is 0.276. The van der Waals surface area contributed by atoms with Gasteiger partial charge in [-0.3, -0.25) is 15.0 Å². The van der Waals surface area contributed by atoms with E-state index < -0.39 is 0 Å². The molecule has 2 aliphatic heterocycles. The smallest absolute Gasteiger partial charge is 0.0966 e. The van der Waals surface area contributed by atoms with Crippen LogP contribution in [0.2, 0.25) is 0 Å². The topological polar surface area (TPSA) is 58.3 Å². The predicted molar refractivity (Wildman–Crippen MR) is 145 cm³/mol. The van der Waals surface area contributed by atoms with Crippen LogP contribution in [0.15, 0.2) is 71.8 Å². The first-order valence-corrected chi connectivity index (χ1v) is 12.6. The van der Waals surface area contributed by atoms with E-state index in [4.69, 9.17) is 4.98 Å². The van der Waals surface area contributed by atoms with Crippen LogP contribution in [-0.4, -0.2) is 51.8 Å². The molecule has 6 rings (SSSR count). The second-order valence-corrected chi connectivity index (χ2v) is 9.99. The molecule has 0 amide bonds. The molecule has 0 spiro atoms. The SMILES string of the molecule is CN1CCC(C(Nc2cc(-c3ccc4ccn(C)c4c3)c3nccnc3c2)C2=CN=CCC2)CC1. The van der Waals surface area contributed by atoms with Gasteiger partial charge in [0.15, 0.2) is 0 Å². The van der Waals surface area contributed by atoms with Gasteiger partial charge in [-0.15, -0.1) is 0 Å². The standard InChI is InChI=1S/C29H32N6/c1-34-13-7-21(8-14-34)28(23-4-3-10-30-19-23)33-24-17-25(29-26(18-24)31-11-12-32-29)22-6-5-20-9-15-35(2)27(20)16-22/h5-6,9-12,15-19,21,28,33H,3-4,7-8,13-14H2,1-2H3. The van der Waals surface area contributed by atoms with Gasteiger partial charge in [0.2, 0.25) is 0 Å². The Morgan fingerprint density at radius 2 is 1.86 bits per heavy atom. The number of fused-ring (bicyclic) bond motifs is 2. The molecular weight excluding hydrogens is 432 g/mol. The highest BCUT2D eigenvalue weighted by atomic mass is 15.1. The Morgan fingerprint density at radius 1 is 1.00 bits per heavy atom. The van der Waals surface area contributed by atoms with E-state index in [2.05, 4.69) is 87.7 Å². The van der Waals surface area contributed by atoms with Gasteiger partial charge in [-0.2, -0.15) is 0 Å². The highest BCUT2D eigenvalue weighted by molar-refractivity contribution is 5.97. The van der Waals surface area contributed by atoms with Crippen LogP contribution in [0, 0.1) is 5.92 Å². The summed E-state index contributed by atoms with van der Waals surface area (Å²) in [6.07, 6.45) is 14.3. The number of nitrogens with zero attached hydrogens (tertiary/aromatic N) is 5. The number of aliphatic imine (C=N–C) groups is 1. The van der Waals surface area contributed by atoms with Gasteiger partial charge in [-0.1, -0.05) is 12.1 Å². The maximum atomic E-state index is 4.72. The molecule has 1 unspecified atom stereocenters. The summed E-state index contributed by atoms with van der Waals surface area (Å²) in [5, 5.41) is 5.19. The summed E-state index contributed by atoms with van der Waals surface area (Å²) in [5.74, 6) is 0.589. The third kappa shape index (κ3) is 4.34. The van der Waals surface area contributed by atoms with Crippen molar-refractivity contribution in [2.75, 3.05) is 25.5 Å². The van der Waals surface area contributed by atoms with E-state index in [-0.39, 0.29) is 6.04 Å². The van der Waals surface area contributed by atoms with Crippen molar-refractivity contribution in [1.29, 1.82) is 0 Å². The summed E-state index contributed by atoms with van der Waals surface area (Å²) in [6.45, 7) is 2.29. The maximum absolute atomic E-state index is 4.72. The highest BCUT2D eigenvalue weighted by Gasteiger charge is 2.29. The first-order chi connectivity index (χ1) is 17.2. The van der Waals surface area contributed by atoms with Crippen molar-refractivity contribution < 1.29 is 0 Å². The summed E-state index contributed by atoms with van der Waals surface area (Å²) in [4.78, 5) is 16.4. The van der Waals surface area contributed by atoms with Crippen LogP contribution in [0.4, 0.5) is 5.69 Å². The Kier molecular flexibility index (Phi) is 5.82. The minimum Gasteiger partial charge on any atom is -0.378 e. The second-order valence-electron chi connectivity index (χ2n) is 9.99. The molecule has 0 radical (unpaired) electrons. The molecule has 6 nitrogen and oxygen atoms in total. The van der Waals surface area contributed by atoms with E-state index in [9.17, 15) is 0 Å². The fourth-order valence-corrected chi connectivity index (χ4v) is 5.62. The number of rotatable bonds is 5. The normalized spacial score (nSPS) is 18.2. The molecular formula is C29H32N6. The lowest BCUT2D eigenvalue weighted by Crippen LogP contribution is -2.40. The van der Waals surface area contributed by atoms with Crippen molar-refractivity contribution in [3.8, 4) is 11.1 Å². The lowest BCUT2D eigenvalue weighted by Gasteiger charge is -2.37. The number of piperidine rings is 1. The van der Waals surface area contributed by atoms with Crippen LogP contribution >= 0.6 is 0 Å². The van der Waals surface area contributed by atoms with Crippen LogP contribution in [0.1, 0.15) is 25.7 Å². The number of anilines is 1. The Bertz CT molecular complexity index is 1420. The van der Waals surface area contributed by atoms with Crippen LogP contribution in [-0.2, 0) is 7.05 Å². The number of aryl methyl sites for hydroxylation is 1. The summed E-state index contributed by atoms with van der Waals surface area (Å²) >= 11 is 0. The number of likely N-dealkylation sites (tertiary alicyclic amines) is 1. The van der Waals surface area contributed by atoms with Gasteiger partial charge < -0.3 is 14.8 Å². The molecule has 178 valence electrons. The van der Waals surface area contributed by atoms with E-state index in [1.165, 1.54) is 29.3 Å². The summed E-state index contributed by atoms with van der Waals surface area (Å²) < 4.78 is 2.17. The molecule has 35 heavy (non-hydrogen) atoms. The molecule has 0 saturated carbocycles. The van der Waals surface area contributed by atoms with Gasteiger partial charge in [-0.25, -0.2) is 0 Å². The number of hydrogen-bond donors (Lipinski definition) is 1. The van der Waals surface area contributed by atoms with Crippen LogP contribution < -0.4 is 5.32 Å². The Labute approximate surface area is 206 Å². The average Bonchev–Trinajstić information content (AvgIpc) is 3.28. The van der Waals surface area contributed by atoms with Crippen molar-refractivity contribution in [3.63, 3.8) is 0 Å². The molecule has 6 heteroatoms. The summed E-state index contributed by atoms with van der Waals surface area (Å²) in [6, 6.07) is 13.5. The fourth-order valence-electron chi connectivity index (χ4n) is 5.62. The molecule has 0 bridgehead atoms. The first kappa shape index (κ1) is 22.0. The Hall–Kier alpha value is -3.51. The van der Waals surface area contributed by atoms with Gasteiger partial charge in [0.25, 0.3) is 0 Å². The van der Waals surface area contributed by atoms with Crippen molar-refractivity contribution in [3.05, 3.63) is 66.8 Å². The van der Waals surface area contributed by atoms with Gasteiger partial charge >= 0.3 is 0 Å². The van der Waals surface area contributed by atoms with E-state index in [1.54, 1.807) is 12.4 Å². The first-order valence-electron chi connectivity index (χ1n) is 12.6. The predicted octanol–water partition coefficient (Wildman–Crippen LogP) is 5.66. The Balaban J connectivity index is 1.42. The van der Waals surface area contributed by atoms with Gasteiger partial charge in [0.1, 0.15) is 0 Å². The van der Waals surface area contributed by atoms with E-state index >= 15 is 0 Å². The van der Waals surface area contributed by atoms with E-state index in [0.717, 1.165) is 53.8 Å². The van der Waals surface area contributed by atoms with E-state index in [0.29, 0.717) is 5.92 Å². The van der Waals surface area contributed by atoms with Crippen molar-refractivity contribution in [1.82, 2.24) is 19.4 Å². The van der Waals surface area contributed by atoms with Gasteiger partial charge in [0, 0.05) is 54.8 Å². The second kappa shape index (κ2) is 9.27.